The number of aromatic nitrogens is 2. The number of phenolic OH excluding ortho intramolecular Hbond substituents is 1. The average Bonchev–Trinajstić information content (AvgIpc) is 3.11. The fourth-order valence-corrected chi connectivity index (χ4v) is 7.02. The molecule has 4 aromatic carbocycles. The fraction of sp³-hybridized carbons (Fsp3) is 0.105. The number of ether oxygens (including phenoxy) is 2. The Hall–Kier alpha value is -4.54. The Bertz CT molecular complexity index is 2560. The Balaban J connectivity index is 0.000000212. The number of pyridine rings is 2. The zero-order chi connectivity index (χ0) is 40.5. The van der Waals surface area contributed by atoms with Crippen LogP contribution in [-0.2, 0) is 4.74 Å². The maximum absolute atomic E-state index is 14.5. The van der Waals surface area contributed by atoms with E-state index in [1.807, 2.05) is 0 Å². The number of rotatable bonds is 7. The first-order chi connectivity index (χ1) is 25.9. The zero-order valence-electron chi connectivity index (χ0n) is 28.4. The van der Waals surface area contributed by atoms with Gasteiger partial charge in [-0.15, -0.1) is 0 Å². The second kappa shape index (κ2) is 17.1. The molecule has 0 bridgehead atoms. The minimum Gasteiger partial charge on any atom is -0.508 e. The maximum Gasteiger partial charge on any atom is 0.214 e. The smallest absolute Gasteiger partial charge is 0.214 e. The summed E-state index contributed by atoms with van der Waals surface area (Å²) in [5.74, 6) is -6.66. The minimum atomic E-state index is -1.21. The van der Waals surface area contributed by atoms with E-state index in [-0.39, 0.29) is 32.9 Å². The SMILES string of the molecule is COCOc1ccc(C)c(-n2cc(Br)c(=O)c(Cl)c2-c2c(F)cc(F)cc2F)c1.Cc1ccc(O)cc1-n1cc(Br)c(=O)c(Cl)c1-c1c(F)cc(F)cc1F. The molecule has 0 amide bonds. The van der Waals surface area contributed by atoms with Crippen molar-refractivity contribution in [1.29, 1.82) is 0 Å². The number of aryl methyl sites for hydroxylation is 2. The van der Waals surface area contributed by atoms with Crippen molar-refractivity contribution in [3.63, 3.8) is 0 Å². The third kappa shape index (κ3) is 8.65. The predicted molar refractivity (Wildman–Crippen MR) is 204 cm³/mol. The number of methoxy groups -OCH3 is 1. The number of hydrogen-bond donors (Lipinski definition) is 1. The second-order valence-corrected chi connectivity index (χ2v) is 14.1. The number of hydrogen-bond acceptors (Lipinski definition) is 5. The second-order valence-electron chi connectivity index (χ2n) is 11.6. The van der Waals surface area contributed by atoms with Crippen LogP contribution in [0.3, 0.4) is 0 Å². The van der Waals surface area contributed by atoms with Gasteiger partial charge in [0.2, 0.25) is 10.9 Å². The summed E-state index contributed by atoms with van der Waals surface area (Å²) in [6.45, 7) is 3.46. The van der Waals surface area contributed by atoms with Gasteiger partial charge in [-0.05, 0) is 69.0 Å². The Morgan fingerprint density at radius 1 is 0.655 bits per heavy atom. The van der Waals surface area contributed by atoms with E-state index in [0.717, 1.165) is 0 Å². The van der Waals surface area contributed by atoms with Crippen molar-refractivity contribution in [2.24, 2.45) is 0 Å². The van der Waals surface area contributed by atoms with Crippen molar-refractivity contribution in [1.82, 2.24) is 9.13 Å². The normalized spacial score (nSPS) is 11.0. The molecular formula is C38H24Br2Cl2F6N2O5. The highest BCUT2D eigenvalue weighted by Crippen LogP contribution is 2.37. The van der Waals surface area contributed by atoms with Gasteiger partial charge in [0.05, 0.1) is 42.8 Å². The van der Waals surface area contributed by atoms with Crippen LogP contribution in [0.5, 0.6) is 11.5 Å². The van der Waals surface area contributed by atoms with Crippen LogP contribution in [0.4, 0.5) is 26.3 Å². The number of halogens is 10. The highest BCUT2D eigenvalue weighted by Gasteiger charge is 2.25. The molecule has 6 aromatic rings. The summed E-state index contributed by atoms with van der Waals surface area (Å²) < 4.78 is 97.6. The van der Waals surface area contributed by atoms with Crippen LogP contribution in [-0.4, -0.2) is 28.1 Å². The van der Waals surface area contributed by atoms with Gasteiger partial charge in [0.25, 0.3) is 0 Å². The number of aromatic hydroxyl groups is 1. The standard InChI is InChI=1S/C20H14BrClF3NO3.C18H10BrClF3NO2/c1-10-3-4-12(29-9-28-2)7-16(10)26-8-13(21)20(27)18(22)19(26)17-14(24)5-11(23)6-15(17)25;1-8-2-3-10(25)6-14(8)24-7-11(19)18(26)16(20)17(24)15-12(22)4-9(21)5-13(15)23/h3-8H,9H2,1-2H3;2-7,25H,1H3. The molecule has 55 heavy (non-hydrogen) atoms. The van der Waals surface area contributed by atoms with E-state index in [4.69, 9.17) is 32.7 Å². The minimum absolute atomic E-state index is 0.00874. The molecule has 0 radical (unpaired) electrons. The average molecular weight is 933 g/mol. The van der Waals surface area contributed by atoms with Crippen molar-refractivity contribution in [3.05, 3.63) is 159 Å². The van der Waals surface area contributed by atoms with Crippen LogP contribution in [0.2, 0.25) is 10.0 Å². The molecule has 2 heterocycles. The van der Waals surface area contributed by atoms with E-state index in [9.17, 15) is 41.0 Å². The van der Waals surface area contributed by atoms with Crippen LogP contribution >= 0.6 is 55.1 Å². The Kier molecular flexibility index (Phi) is 12.9. The highest BCUT2D eigenvalue weighted by atomic mass is 79.9. The van der Waals surface area contributed by atoms with Gasteiger partial charge < -0.3 is 23.7 Å². The third-order valence-corrected chi connectivity index (χ3v) is 9.77. The van der Waals surface area contributed by atoms with Crippen LogP contribution in [0, 0.1) is 48.8 Å². The highest BCUT2D eigenvalue weighted by molar-refractivity contribution is 9.10. The van der Waals surface area contributed by atoms with Gasteiger partial charge >= 0.3 is 0 Å². The monoisotopic (exact) mass is 930 g/mol. The lowest BCUT2D eigenvalue weighted by atomic mass is 10.1. The van der Waals surface area contributed by atoms with Crippen LogP contribution in [0.15, 0.2) is 91.6 Å². The molecule has 7 nitrogen and oxygen atoms in total. The van der Waals surface area contributed by atoms with Crippen LogP contribution < -0.4 is 15.6 Å². The molecule has 2 aromatic heterocycles. The Morgan fingerprint density at radius 3 is 1.47 bits per heavy atom. The van der Waals surface area contributed by atoms with Gasteiger partial charge in [-0.1, -0.05) is 35.3 Å². The van der Waals surface area contributed by atoms with E-state index in [2.05, 4.69) is 31.9 Å². The lowest BCUT2D eigenvalue weighted by molar-refractivity contribution is 0.0511. The van der Waals surface area contributed by atoms with E-state index in [1.54, 1.807) is 38.1 Å². The molecule has 0 aliphatic carbocycles. The van der Waals surface area contributed by atoms with Crippen molar-refractivity contribution in [2.75, 3.05) is 13.9 Å². The van der Waals surface area contributed by atoms with Gasteiger partial charge in [0.15, 0.2) is 6.79 Å². The quantitative estimate of drug-likeness (QED) is 0.127. The summed E-state index contributed by atoms with van der Waals surface area (Å²) in [6, 6.07) is 11.4. The molecule has 0 aliphatic rings. The summed E-state index contributed by atoms with van der Waals surface area (Å²) in [7, 11) is 1.46. The molecule has 0 spiro atoms. The van der Waals surface area contributed by atoms with Gasteiger partial charge in [-0.2, -0.15) is 0 Å². The first-order valence-corrected chi connectivity index (χ1v) is 17.8. The summed E-state index contributed by atoms with van der Waals surface area (Å²) in [6.07, 6.45) is 2.63. The van der Waals surface area contributed by atoms with Crippen molar-refractivity contribution in [2.45, 2.75) is 13.8 Å². The van der Waals surface area contributed by atoms with Gasteiger partial charge in [-0.25, -0.2) is 26.3 Å². The molecule has 0 aliphatic heterocycles. The molecule has 1 N–H and O–H groups in total. The van der Waals surface area contributed by atoms with E-state index < -0.39 is 66.9 Å². The molecule has 0 fully saturated rings. The molecular weight excluding hydrogens is 909 g/mol. The molecule has 17 heteroatoms. The molecule has 0 atom stereocenters. The number of benzene rings is 4. The lowest BCUT2D eigenvalue weighted by Crippen LogP contribution is -2.14. The van der Waals surface area contributed by atoms with Gasteiger partial charge in [0, 0.05) is 55.9 Å². The van der Waals surface area contributed by atoms with Crippen molar-refractivity contribution in [3.8, 4) is 45.4 Å². The van der Waals surface area contributed by atoms with Crippen molar-refractivity contribution >= 4 is 55.1 Å². The summed E-state index contributed by atoms with van der Waals surface area (Å²) in [5, 5.41) is 8.90. The fourth-order valence-electron chi connectivity index (χ4n) is 5.41. The van der Waals surface area contributed by atoms with E-state index >= 15 is 0 Å². The van der Waals surface area contributed by atoms with E-state index in [0.29, 0.717) is 52.5 Å². The molecule has 0 saturated carbocycles. The molecule has 286 valence electrons. The van der Waals surface area contributed by atoms with E-state index in [1.165, 1.54) is 40.8 Å². The number of phenols is 1. The van der Waals surface area contributed by atoms with Crippen LogP contribution in [0.1, 0.15) is 11.1 Å². The van der Waals surface area contributed by atoms with Crippen LogP contribution in [0.25, 0.3) is 33.9 Å². The molecule has 6 rings (SSSR count). The predicted octanol–water partition coefficient (Wildman–Crippen LogP) is 11.0. The zero-order valence-corrected chi connectivity index (χ0v) is 33.1. The summed E-state index contributed by atoms with van der Waals surface area (Å²) >= 11 is 18.5. The first kappa shape index (κ1) is 41.6. The maximum atomic E-state index is 14.5. The summed E-state index contributed by atoms with van der Waals surface area (Å²) in [4.78, 5) is 24.6. The van der Waals surface area contributed by atoms with Gasteiger partial charge in [0.1, 0.15) is 56.4 Å². The van der Waals surface area contributed by atoms with Gasteiger partial charge in [-0.3, -0.25) is 9.59 Å². The molecule has 0 saturated heterocycles. The number of nitrogens with zero attached hydrogens (tertiary/aromatic N) is 2. The molecule has 0 unspecified atom stereocenters. The summed E-state index contributed by atoms with van der Waals surface area (Å²) in [5.41, 5.74) is -1.03. The Labute approximate surface area is 335 Å². The lowest BCUT2D eigenvalue weighted by Gasteiger charge is -2.19. The topological polar surface area (TPSA) is 82.7 Å². The Morgan fingerprint density at radius 2 is 1.05 bits per heavy atom. The largest absolute Gasteiger partial charge is 0.508 e. The third-order valence-electron chi connectivity index (χ3n) is 7.94. The van der Waals surface area contributed by atoms with Crippen molar-refractivity contribution < 1.29 is 40.9 Å². The first-order valence-electron chi connectivity index (χ1n) is 15.5.